The lowest BCUT2D eigenvalue weighted by atomic mass is 9.99. The van der Waals surface area contributed by atoms with Crippen molar-refractivity contribution < 1.29 is 19.4 Å². The maximum absolute atomic E-state index is 13.8. The molecule has 0 bridgehead atoms. The number of anilines is 2. The zero-order valence-corrected chi connectivity index (χ0v) is 22.3. The van der Waals surface area contributed by atoms with E-state index in [0.29, 0.717) is 23.4 Å². The Labute approximate surface area is 233 Å². The van der Waals surface area contributed by atoms with Gasteiger partial charge >= 0.3 is 0 Å². The molecule has 40 heavy (non-hydrogen) atoms. The molecule has 1 saturated heterocycles. The van der Waals surface area contributed by atoms with Crippen LogP contribution in [0, 0.1) is 0 Å². The molecule has 4 aromatic rings. The Bertz CT molecular complexity index is 1510. The molecule has 0 radical (unpaired) electrons. The molecule has 0 aliphatic carbocycles. The smallest absolute Gasteiger partial charge is 0.258 e. The minimum absolute atomic E-state index is 0.0212. The van der Waals surface area contributed by atoms with Crippen molar-refractivity contribution >= 4 is 23.2 Å². The van der Waals surface area contributed by atoms with Crippen molar-refractivity contribution in [3.05, 3.63) is 120 Å². The first-order valence-corrected chi connectivity index (χ1v) is 13.5. The largest absolute Gasteiger partial charge is 0.322 e. The molecule has 0 saturated carbocycles. The quantitative estimate of drug-likeness (QED) is 0.251. The van der Waals surface area contributed by atoms with E-state index < -0.39 is 0 Å². The van der Waals surface area contributed by atoms with E-state index in [4.69, 9.17) is 9.78 Å². The first-order chi connectivity index (χ1) is 19.6. The van der Waals surface area contributed by atoms with E-state index >= 15 is 0 Å². The van der Waals surface area contributed by atoms with Crippen molar-refractivity contribution in [3.63, 3.8) is 0 Å². The van der Waals surface area contributed by atoms with Gasteiger partial charge in [0.25, 0.3) is 11.8 Å². The molecule has 4 aromatic carbocycles. The zero-order valence-electron chi connectivity index (χ0n) is 22.3. The number of fused-ring (bicyclic) bond motifs is 2. The molecule has 202 valence electrons. The normalized spacial score (nSPS) is 18.5. The average molecular weight is 534 g/mol. The van der Waals surface area contributed by atoms with Crippen molar-refractivity contribution in [1.29, 1.82) is 0 Å². The lowest BCUT2D eigenvalue weighted by molar-refractivity contribution is -0.301. The van der Waals surface area contributed by atoms with Crippen molar-refractivity contribution in [2.24, 2.45) is 0 Å². The lowest BCUT2D eigenvalue weighted by Gasteiger charge is -2.26. The summed E-state index contributed by atoms with van der Waals surface area (Å²) < 4.78 is 0. The van der Waals surface area contributed by atoms with E-state index in [1.807, 2.05) is 77.7 Å². The zero-order chi connectivity index (χ0) is 27.5. The van der Waals surface area contributed by atoms with Gasteiger partial charge in [0, 0.05) is 48.2 Å². The van der Waals surface area contributed by atoms with Crippen LogP contribution in [0.3, 0.4) is 0 Å². The monoisotopic (exact) mass is 533 g/mol. The van der Waals surface area contributed by atoms with E-state index in [1.165, 1.54) is 7.11 Å². The van der Waals surface area contributed by atoms with Crippen LogP contribution in [0.1, 0.15) is 32.7 Å². The van der Waals surface area contributed by atoms with Gasteiger partial charge in [-0.25, -0.2) is 9.78 Å². The number of hydrogen-bond donors (Lipinski definition) is 1. The van der Waals surface area contributed by atoms with Crippen LogP contribution in [-0.2, 0) is 16.3 Å². The van der Waals surface area contributed by atoms with Crippen LogP contribution < -0.4 is 10.2 Å². The van der Waals surface area contributed by atoms with Gasteiger partial charge in [-0.05, 0) is 59.5 Å². The fourth-order valence-corrected chi connectivity index (χ4v) is 5.76. The third kappa shape index (κ3) is 5.27. The molecule has 0 spiro atoms. The SMILES string of the molecule is COOC1CC2CN(C(=O)c3ccc(NC(=O)c4ccccc4-c4ccccc4)cc3)c3ccccc3CN2C1. The van der Waals surface area contributed by atoms with Crippen LogP contribution in [0.25, 0.3) is 11.1 Å². The second-order valence-electron chi connectivity index (χ2n) is 10.2. The highest BCUT2D eigenvalue weighted by atomic mass is 17.2. The molecule has 1 N–H and O–H groups in total. The molecule has 7 nitrogen and oxygen atoms in total. The number of carbonyl (C=O) groups is 2. The third-order valence-electron chi connectivity index (χ3n) is 7.66. The minimum Gasteiger partial charge on any atom is -0.322 e. The van der Waals surface area contributed by atoms with Gasteiger partial charge in [-0.2, -0.15) is 0 Å². The molecule has 2 aliphatic rings. The van der Waals surface area contributed by atoms with Crippen LogP contribution in [0.4, 0.5) is 11.4 Å². The molecule has 1 fully saturated rings. The average Bonchev–Trinajstić information content (AvgIpc) is 3.30. The first-order valence-electron chi connectivity index (χ1n) is 13.5. The summed E-state index contributed by atoms with van der Waals surface area (Å²) in [5.41, 5.74) is 5.67. The number of benzene rings is 4. The summed E-state index contributed by atoms with van der Waals surface area (Å²) in [6.07, 6.45) is 0.772. The summed E-state index contributed by atoms with van der Waals surface area (Å²) in [6, 6.07) is 32.7. The predicted octanol–water partition coefficient (Wildman–Crippen LogP) is 5.79. The van der Waals surface area contributed by atoms with Crippen LogP contribution >= 0.6 is 0 Å². The number of hydrogen-bond acceptors (Lipinski definition) is 5. The van der Waals surface area contributed by atoms with E-state index in [0.717, 1.165) is 41.9 Å². The second kappa shape index (κ2) is 11.4. The highest BCUT2D eigenvalue weighted by Crippen LogP contribution is 2.33. The van der Waals surface area contributed by atoms with Gasteiger partial charge in [0.05, 0.1) is 7.11 Å². The number of para-hydroxylation sites is 1. The molecule has 2 heterocycles. The molecule has 2 amide bonds. The van der Waals surface area contributed by atoms with Gasteiger partial charge in [-0.15, -0.1) is 0 Å². The Morgan fingerprint density at radius 2 is 1.55 bits per heavy atom. The van der Waals surface area contributed by atoms with Crippen molar-refractivity contribution in [2.75, 3.05) is 30.4 Å². The van der Waals surface area contributed by atoms with Crippen LogP contribution in [0.2, 0.25) is 0 Å². The van der Waals surface area contributed by atoms with Crippen LogP contribution in [0.15, 0.2) is 103 Å². The number of rotatable bonds is 6. The topological polar surface area (TPSA) is 71.1 Å². The summed E-state index contributed by atoms with van der Waals surface area (Å²) in [5, 5.41) is 2.99. The summed E-state index contributed by atoms with van der Waals surface area (Å²) in [5.74, 6) is -0.271. The maximum atomic E-state index is 13.8. The molecule has 0 aromatic heterocycles. The highest BCUT2D eigenvalue weighted by Gasteiger charge is 2.38. The Balaban J connectivity index is 1.20. The van der Waals surface area contributed by atoms with Crippen molar-refractivity contribution in [3.8, 4) is 11.1 Å². The number of nitrogens with one attached hydrogen (secondary N) is 1. The summed E-state index contributed by atoms with van der Waals surface area (Å²) >= 11 is 0. The predicted molar refractivity (Wildman–Crippen MR) is 155 cm³/mol. The molecule has 2 atom stereocenters. The second-order valence-corrected chi connectivity index (χ2v) is 10.2. The fourth-order valence-electron chi connectivity index (χ4n) is 5.76. The number of amides is 2. The first kappa shape index (κ1) is 26.0. The van der Waals surface area contributed by atoms with Crippen molar-refractivity contribution in [1.82, 2.24) is 4.90 Å². The molecular formula is C33H31N3O4. The fraction of sp³-hybridized carbons (Fsp3) is 0.212. The molecule has 2 aliphatic heterocycles. The van der Waals surface area contributed by atoms with E-state index in [2.05, 4.69) is 16.3 Å². The van der Waals surface area contributed by atoms with E-state index in [-0.39, 0.29) is 24.0 Å². The van der Waals surface area contributed by atoms with Gasteiger partial charge in [0.15, 0.2) is 0 Å². The minimum atomic E-state index is -0.200. The van der Waals surface area contributed by atoms with E-state index in [1.54, 1.807) is 24.3 Å². The standard InChI is InChI=1S/C33H31N3O4/c1-39-40-28-19-27-21-36(31-14-8-5-11-25(31)20-35(27)22-28)33(38)24-15-17-26(18-16-24)34-32(37)30-13-7-6-12-29(30)23-9-3-2-4-10-23/h2-18,27-28H,19-22H2,1H3,(H,34,37). The Morgan fingerprint density at radius 3 is 2.35 bits per heavy atom. The summed E-state index contributed by atoms with van der Waals surface area (Å²) in [6.45, 7) is 2.08. The van der Waals surface area contributed by atoms with Gasteiger partial charge in [0.1, 0.15) is 6.10 Å². The van der Waals surface area contributed by atoms with Gasteiger partial charge in [-0.1, -0.05) is 66.7 Å². The van der Waals surface area contributed by atoms with Gasteiger partial charge in [-0.3, -0.25) is 14.5 Å². The third-order valence-corrected chi connectivity index (χ3v) is 7.66. The van der Waals surface area contributed by atoms with Gasteiger partial charge in [0.2, 0.25) is 0 Å². The summed E-state index contributed by atoms with van der Waals surface area (Å²) in [4.78, 5) is 41.7. The molecule has 2 unspecified atom stereocenters. The number of nitrogens with zero attached hydrogens (tertiary/aromatic N) is 2. The van der Waals surface area contributed by atoms with Crippen molar-refractivity contribution in [2.45, 2.75) is 25.1 Å². The Morgan fingerprint density at radius 1 is 0.825 bits per heavy atom. The van der Waals surface area contributed by atoms with Crippen LogP contribution in [-0.4, -0.2) is 49.1 Å². The van der Waals surface area contributed by atoms with E-state index in [9.17, 15) is 9.59 Å². The van der Waals surface area contributed by atoms with Crippen LogP contribution in [0.5, 0.6) is 0 Å². The number of carbonyl (C=O) groups excluding carboxylic acids is 2. The van der Waals surface area contributed by atoms with Gasteiger partial charge < -0.3 is 10.2 Å². The molecular weight excluding hydrogens is 502 g/mol. The Hall–Kier alpha value is -4.30. The Kier molecular flexibility index (Phi) is 7.42. The highest BCUT2D eigenvalue weighted by molar-refractivity contribution is 6.10. The lowest BCUT2D eigenvalue weighted by Crippen LogP contribution is -2.40. The molecule has 7 heteroatoms. The molecule has 6 rings (SSSR count). The summed E-state index contributed by atoms with van der Waals surface area (Å²) in [7, 11) is 1.53. The maximum Gasteiger partial charge on any atom is 0.258 e.